The number of rotatable bonds is 18. The third kappa shape index (κ3) is 12.6. The number of carbonyl (C=O) groups excluding carboxylic acids is 2. The number of benzene rings is 6. The Morgan fingerprint density at radius 2 is 0.900 bits per heavy atom. The molecular weight excluding hydrogens is 1040 g/mol. The van der Waals surface area contributed by atoms with Crippen LogP contribution in [0.5, 0.6) is 23.0 Å². The summed E-state index contributed by atoms with van der Waals surface area (Å²) in [5, 5.41) is 0. The van der Waals surface area contributed by atoms with Crippen molar-refractivity contribution >= 4 is 55.0 Å². The van der Waals surface area contributed by atoms with Gasteiger partial charge in [0.05, 0.1) is 46.0 Å². The lowest BCUT2D eigenvalue weighted by Gasteiger charge is -2.23. The molecule has 0 spiro atoms. The molecule has 0 aliphatic heterocycles. The molecular formula is C68H64N2O8S2. The van der Waals surface area contributed by atoms with Gasteiger partial charge in [0.25, 0.3) is 0 Å². The van der Waals surface area contributed by atoms with E-state index in [4.69, 9.17) is 28.4 Å². The monoisotopic (exact) mass is 1100 g/mol. The molecule has 0 amide bonds. The predicted octanol–water partition coefficient (Wildman–Crippen LogP) is 17.6. The largest absolute Gasteiger partial charge is 0.489 e. The highest BCUT2D eigenvalue weighted by Crippen LogP contribution is 2.49. The summed E-state index contributed by atoms with van der Waals surface area (Å²) in [6.07, 6.45) is 13.8. The number of thiophene rings is 2. The van der Waals surface area contributed by atoms with Crippen LogP contribution >= 0.6 is 22.7 Å². The number of fused-ring (bicyclic) bond motifs is 2. The van der Waals surface area contributed by atoms with Crippen molar-refractivity contribution < 1.29 is 38.0 Å². The molecule has 1 saturated carbocycles. The van der Waals surface area contributed by atoms with Gasteiger partial charge in [-0.3, -0.25) is 0 Å². The molecule has 10 nitrogen and oxygen atoms in total. The van der Waals surface area contributed by atoms with Gasteiger partial charge in [0.1, 0.15) is 59.2 Å². The van der Waals surface area contributed by atoms with E-state index in [0.29, 0.717) is 42.1 Å². The first-order valence-electron chi connectivity index (χ1n) is 27.5. The van der Waals surface area contributed by atoms with Gasteiger partial charge in [0, 0.05) is 34.7 Å². The quantitative estimate of drug-likeness (QED) is 0.0644. The smallest absolute Gasteiger partial charge is 0.348 e. The van der Waals surface area contributed by atoms with Gasteiger partial charge in [-0.15, -0.1) is 22.7 Å². The number of methoxy groups -OCH3 is 2. The average Bonchev–Trinajstić information content (AvgIpc) is 4.35. The zero-order valence-corrected chi connectivity index (χ0v) is 46.7. The highest BCUT2D eigenvalue weighted by molar-refractivity contribution is 7.21. The van der Waals surface area contributed by atoms with Crippen molar-refractivity contribution in [3.05, 3.63) is 225 Å². The van der Waals surface area contributed by atoms with Crippen LogP contribution in [0.25, 0.3) is 42.9 Å². The minimum atomic E-state index is -0.312. The third-order valence-corrected chi connectivity index (χ3v) is 17.1. The molecule has 1 atom stereocenters. The van der Waals surface area contributed by atoms with Crippen LogP contribution in [0.15, 0.2) is 182 Å². The van der Waals surface area contributed by atoms with Gasteiger partial charge in [0.2, 0.25) is 0 Å². The van der Waals surface area contributed by atoms with Crippen LogP contribution in [0.3, 0.4) is 0 Å². The first-order valence-corrected chi connectivity index (χ1v) is 29.1. The van der Waals surface area contributed by atoms with Gasteiger partial charge in [-0.2, -0.15) is 0 Å². The molecule has 1 fully saturated rings. The van der Waals surface area contributed by atoms with Crippen LogP contribution in [0.1, 0.15) is 116 Å². The molecule has 0 radical (unpaired) electrons. The Bertz CT molecular complexity index is 3710. The van der Waals surface area contributed by atoms with Gasteiger partial charge in [-0.25, -0.2) is 9.59 Å². The van der Waals surface area contributed by atoms with E-state index in [9.17, 15) is 9.59 Å². The molecule has 2 aliphatic rings. The van der Waals surface area contributed by atoms with E-state index < -0.39 is 0 Å². The van der Waals surface area contributed by atoms with Crippen LogP contribution in [0, 0.1) is 0 Å². The summed E-state index contributed by atoms with van der Waals surface area (Å²) >= 11 is 3.00. The minimum absolute atomic E-state index is 0.248. The standard InChI is InChI=1S/C34H33NO4S.C34H31NO4S/c2*1-37-34(36)30-20-28-33(40-30)31(25-15-9-4-10-16-25)32(35-28)27-18-17-26(38-21-23-11-5-2-6-12-23)19-29(27)39-22-24-13-7-3-8-14-24/h2-3,5-8,11-14,17-20,25,35H,4,9-10,15-16,21-22H2,1H3;2-3,5-9,11-15,17-20,25,35H,4,10,16,21-22H2,1H3. The van der Waals surface area contributed by atoms with E-state index in [1.54, 1.807) is 0 Å². The Hall–Kier alpha value is -8.32. The summed E-state index contributed by atoms with van der Waals surface area (Å²) in [6.45, 7) is 1.86. The van der Waals surface area contributed by atoms with E-state index in [2.05, 4.69) is 82.8 Å². The fourth-order valence-corrected chi connectivity index (χ4v) is 13.1. The fraction of sp³-hybridized carbons (Fsp3) is 0.235. The molecule has 4 aromatic heterocycles. The van der Waals surface area contributed by atoms with E-state index in [1.807, 2.05) is 109 Å². The molecule has 10 aromatic rings. The predicted molar refractivity (Wildman–Crippen MR) is 321 cm³/mol. The molecule has 2 aliphatic carbocycles. The Morgan fingerprint density at radius 1 is 0.475 bits per heavy atom. The van der Waals surface area contributed by atoms with Crippen molar-refractivity contribution in [2.75, 3.05) is 14.2 Å². The van der Waals surface area contributed by atoms with Crippen LogP contribution in [0.2, 0.25) is 0 Å². The van der Waals surface area contributed by atoms with Crippen molar-refractivity contribution in [2.45, 2.75) is 89.6 Å². The van der Waals surface area contributed by atoms with Crippen LogP contribution in [0.4, 0.5) is 0 Å². The molecule has 4 heterocycles. The van der Waals surface area contributed by atoms with Gasteiger partial charge >= 0.3 is 11.9 Å². The number of allylic oxidation sites excluding steroid dienone is 2. The summed E-state index contributed by atoms with van der Waals surface area (Å²) in [5.41, 5.74) is 12.9. The lowest BCUT2D eigenvalue weighted by atomic mass is 9.83. The number of hydrogen-bond donors (Lipinski definition) is 2. The lowest BCUT2D eigenvalue weighted by molar-refractivity contribution is 0.0597. The Labute approximate surface area is 475 Å². The Morgan fingerprint density at radius 3 is 1.32 bits per heavy atom. The average molecular weight is 1100 g/mol. The summed E-state index contributed by atoms with van der Waals surface area (Å²) in [4.78, 5) is 33.2. The van der Waals surface area contributed by atoms with Gasteiger partial charge in [-0.1, -0.05) is 153 Å². The van der Waals surface area contributed by atoms with Crippen molar-refractivity contribution in [3.63, 3.8) is 0 Å². The van der Waals surface area contributed by atoms with Crippen LogP contribution in [-0.2, 0) is 35.9 Å². The lowest BCUT2D eigenvalue weighted by Crippen LogP contribution is -2.06. The SMILES string of the molecule is COC(=O)c1cc2[nH]c(-c3ccc(OCc4ccccc4)cc3OCc3ccccc3)c(C3C=CCCC3)c2s1.COC(=O)c1cc2[nH]c(-c3ccc(OCc4ccccc4)cc3OCc3ccccc3)c(C3CCCCC3)c2s1. The molecule has 1 unspecified atom stereocenters. The molecule has 0 bridgehead atoms. The van der Waals surface area contributed by atoms with Crippen molar-refractivity contribution in [3.8, 4) is 45.5 Å². The van der Waals surface area contributed by atoms with Crippen molar-refractivity contribution in [2.24, 2.45) is 0 Å². The highest BCUT2D eigenvalue weighted by atomic mass is 32.1. The molecule has 80 heavy (non-hydrogen) atoms. The second-order valence-electron chi connectivity index (χ2n) is 20.2. The first kappa shape index (κ1) is 53.7. The van der Waals surface area contributed by atoms with Crippen LogP contribution in [-0.4, -0.2) is 36.1 Å². The summed E-state index contributed by atoms with van der Waals surface area (Å²) in [5.74, 6) is 3.10. The highest BCUT2D eigenvalue weighted by Gasteiger charge is 2.29. The Balaban J connectivity index is 0.000000169. The minimum Gasteiger partial charge on any atom is -0.489 e. The maximum atomic E-state index is 12.3. The number of hydrogen-bond acceptors (Lipinski definition) is 10. The van der Waals surface area contributed by atoms with Crippen molar-refractivity contribution in [1.82, 2.24) is 9.97 Å². The van der Waals surface area contributed by atoms with E-state index in [1.165, 1.54) is 67.3 Å². The third-order valence-electron chi connectivity index (χ3n) is 14.8. The van der Waals surface area contributed by atoms with Gasteiger partial charge < -0.3 is 38.4 Å². The van der Waals surface area contributed by atoms with Crippen molar-refractivity contribution in [1.29, 1.82) is 0 Å². The number of aromatic nitrogens is 2. The molecule has 6 aromatic carbocycles. The number of nitrogens with one attached hydrogen (secondary N) is 2. The van der Waals surface area contributed by atoms with Gasteiger partial charge in [0.15, 0.2) is 0 Å². The van der Waals surface area contributed by atoms with Crippen LogP contribution < -0.4 is 18.9 Å². The maximum absolute atomic E-state index is 12.3. The number of H-pyrrole nitrogens is 2. The zero-order chi connectivity index (χ0) is 54.6. The van der Waals surface area contributed by atoms with E-state index >= 15 is 0 Å². The van der Waals surface area contributed by atoms with E-state index in [0.717, 1.165) is 120 Å². The molecule has 2 N–H and O–H groups in total. The molecule has 0 saturated heterocycles. The number of carbonyl (C=O) groups is 2. The van der Waals surface area contributed by atoms with E-state index in [-0.39, 0.29) is 17.9 Å². The molecule has 12 heteroatoms. The molecule has 12 rings (SSSR count). The summed E-state index contributed by atoms with van der Waals surface area (Å²) in [7, 11) is 2.85. The normalized spacial score (nSPS) is 14.3. The second-order valence-corrected chi connectivity index (χ2v) is 22.3. The number of esters is 2. The number of ether oxygens (including phenoxy) is 6. The Kier molecular flexibility index (Phi) is 17.2. The van der Waals surface area contributed by atoms with Gasteiger partial charge in [-0.05, 0) is 102 Å². The molecule has 406 valence electrons. The second kappa shape index (κ2) is 25.6. The maximum Gasteiger partial charge on any atom is 0.348 e. The topological polar surface area (TPSA) is 121 Å². The number of aromatic amines is 2. The first-order chi connectivity index (χ1) is 39.4. The summed E-state index contributed by atoms with van der Waals surface area (Å²) in [6, 6.07) is 56.7. The fourth-order valence-electron chi connectivity index (χ4n) is 10.8. The zero-order valence-electron chi connectivity index (χ0n) is 45.0. The summed E-state index contributed by atoms with van der Waals surface area (Å²) < 4.78 is 37.6.